The van der Waals surface area contributed by atoms with Crippen molar-refractivity contribution in [3.63, 3.8) is 0 Å². The molecule has 98 valence electrons. The van der Waals surface area contributed by atoms with E-state index in [4.69, 9.17) is 5.73 Å². The van der Waals surface area contributed by atoms with Gasteiger partial charge in [-0.25, -0.2) is 4.79 Å². The van der Waals surface area contributed by atoms with Gasteiger partial charge in [-0.15, -0.1) is 0 Å². The van der Waals surface area contributed by atoms with E-state index in [0.29, 0.717) is 23.4 Å². The van der Waals surface area contributed by atoms with E-state index in [1.807, 2.05) is 13.8 Å². The molecule has 0 saturated heterocycles. The fraction of sp³-hybridized carbons (Fsp3) is 0.385. The number of ether oxygens (including phenoxy) is 1. The van der Waals surface area contributed by atoms with Crippen LogP contribution < -0.4 is 11.1 Å². The predicted molar refractivity (Wildman–Crippen MR) is 70.3 cm³/mol. The van der Waals surface area contributed by atoms with Gasteiger partial charge in [0.25, 0.3) is 0 Å². The molecule has 0 heterocycles. The molecule has 0 spiro atoms. The first-order valence-corrected chi connectivity index (χ1v) is 5.71. The lowest BCUT2D eigenvalue weighted by Gasteiger charge is -2.10. The summed E-state index contributed by atoms with van der Waals surface area (Å²) >= 11 is 0. The van der Waals surface area contributed by atoms with E-state index in [1.54, 1.807) is 12.1 Å². The van der Waals surface area contributed by atoms with Crippen LogP contribution in [0, 0.1) is 5.92 Å². The number of carbonyl (C=O) groups excluding carboxylic acids is 2. The van der Waals surface area contributed by atoms with Gasteiger partial charge in [-0.2, -0.15) is 0 Å². The number of benzene rings is 1. The lowest BCUT2D eigenvalue weighted by molar-refractivity contribution is -0.116. The molecular formula is C13H18N2O3. The van der Waals surface area contributed by atoms with Crippen molar-refractivity contribution in [2.24, 2.45) is 5.92 Å². The van der Waals surface area contributed by atoms with Gasteiger partial charge in [0.1, 0.15) is 0 Å². The number of amides is 1. The second-order valence-corrected chi connectivity index (χ2v) is 4.44. The zero-order chi connectivity index (χ0) is 13.7. The van der Waals surface area contributed by atoms with E-state index in [0.717, 1.165) is 0 Å². The van der Waals surface area contributed by atoms with E-state index in [2.05, 4.69) is 10.1 Å². The highest BCUT2D eigenvalue weighted by Crippen LogP contribution is 2.21. The summed E-state index contributed by atoms with van der Waals surface area (Å²) in [5, 5.41) is 2.69. The molecule has 1 aromatic carbocycles. The maximum atomic E-state index is 11.6. The summed E-state index contributed by atoms with van der Waals surface area (Å²) in [6, 6.07) is 4.63. The lowest BCUT2D eigenvalue weighted by atomic mass is 10.1. The van der Waals surface area contributed by atoms with Gasteiger partial charge in [-0.1, -0.05) is 13.8 Å². The molecule has 0 unspecified atom stereocenters. The second kappa shape index (κ2) is 6.05. The van der Waals surface area contributed by atoms with Crippen molar-refractivity contribution in [3.05, 3.63) is 23.8 Å². The van der Waals surface area contributed by atoms with Crippen molar-refractivity contribution in [2.75, 3.05) is 18.2 Å². The number of hydrogen-bond donors (Lipinski definition) is 2. The Balaban J connectivity index is 2.87. The van der Waals surface area contributed by atoms with Gasteiger partial charge in [0.2, 0.25) is 5.91 Å². The molecule has 0 atom stereocenters. The number of nitrogens with one attached hydrogen (secondary N) is 1. The van der Waals surface area contributed by atoms with E-state index >= 15 is 0 Å². The van der Waals surface area contributed by atoms with Crippen molar-refractivity contribution in [3.8, 4) is 0 Å². The zero-order valence-corrected chi connectivity index (χ0v) is 10.8. The normalized spacial score (nSPS) is 10.2. The van der Waals surface area contributed by atoms with Crippen LogP contribution in [-0.4, -0.2) is 19.0 Å². The Bertz CT molecular complexity index is 456. The smallest absolute Gasteiger partial charge is 0.337 e. The van der Waals surface area contributed by atoms with Gasteiger partial charge in [-0.05, 0) is 24.1 Å². The molecule has 0 aliphatic carbocycles. The average Bonchev–Trinajstić information content (AvgIpc) is 2.30. The van der Waals surface area contributed by atoms with E-state index in [-0.39, 0.29) is 11.8 Å². The van der Waals surface area contributed by atoms with Crippen LogP contribution in [0.1, 0.15) is 30.6 Å². The Morgan fingerprint density at radius 2 is 2.06 bits per heavy atom. The first kappa shape index (κ1) is 14.0. The number of rotatable bonds is 4. The van der Waals surface area contributed by atoms with Gasteiger partial charge in [0.05, 0.1) is 24.0 Å². The molecule has 1 amide bonds. The maximum absolute atomic E-state index is 11.6. The maximum Gasteiger partial charge on any atom is 0.337 e. The minimum atomic E-state index is -0.464. The second-order valence-electron chi connectivity index (χ2n) is 4.44. The summed E-state index contributed by atoms with van der Waals surface area (Å²) in [6.07, 6.45) is 0.405. The number of carbonyl (C=O) groups is 2. The first-order chi connectivity index (χ1) is 8.43. The number of nitrogens with two attached hydrogens (primary N) is 1. The Labute approximate surface area is 106 Å². The molecule has 5 heteroatoms. The summed E-state index contributed by atoms with van der Waals surface area (Å²) < 4.78 is 4.61. The summed E-state index contributed by atoms with van der Waals surface area (Å²) in [5.41, 5.74) is 6.95. The highest BCUT2D eigenvalue weighted by Gasteiger charge is 2.11. The number of anilines is 2. The summed E-state index contributed by atoms with van der Waals surface area (Å²) in [6.45, 7) is 3.90. The van der Waals surface area contributed by atoms with Crippen LogP contribution in [-0.2, 0) is 9.53 Å². The fourth-order valence-corrected chi connectivity index (χ4v) is 1.48. The average molecular weight is 250 g/mol. The van der Waals surface area contributed by atoms with Crippen molar-refractivity contribution in [2.45, 2.75) is 20.3 Å². The van der Waals surface area contributed by atoms with Crippen LogP contribution >= 0.6 is 0 Å². The van der Waals surface area contributed by atoms with Gasteiger partial charge >= 0.3 is 5.97 Å². The van der Waals surface area contributed by atoms with Gasteiger partial charge < -0.3 is 15.8 Å². The van der Waals surface area contributed by atoms with Crippen LogP contribution in [0.25, 0.3) is 0 Å². The minimum absolute atomic E-state index is 0.126. The summed E-state index contributed by atoms with van der Waals surface area (Å²) in [7, 11) is 1.30. The van der Waals surface area contributed by atoms with Gasteiger partial charge in [0.15, 0.2) is 0 Å². The number of methoxy groups -OCH3 is 1. The molecule has 1 rings (SSSR count). The third-order valence-corrected chi connectivity index (χ3v) is 2.34. The van der Waals surface area contributed by atoms with Crippen LogP contribution in [0.2, 0.25) is 0 Å². The number of esters is 1. The quantitative estimate of drug-likeness (QED) is 0.633. The Morgan fingerprint density at radius 3 is 2.61 bits per heavy atom. The number of hydrogen-bond acceptors (Lipinski definition) is 4. The highest BCUT2D eigenvalue weighted by atomic mass is 16.5. The Kier molecular flexibility index (Phi) is 4.71. The minimum Gasteiger partial charge on any atom is -0.465 e. The molecule has 0 aliphatic heterocycles. The van der Waals surface area contributed by atoms with Crippen molar-refractivity contribution in [1.29, 1.82) is 0 Å². The molecule has 3 N–H and O–H groups in total. The molecule has 1 aromatic rings. The SMILES string of the molecule is COC(=O)c1ccc(N)c(NC(=O)CC(C)C)c1. The molecule has 0 bridgehead atoms. The van der Waals surface area contributed by atoms with E-state index < -0.39 is 5.97 Å². The highest BCUT2D eigenvalue weighted by molar-refractivity contribution is 5.97. The molecule has 5 nitrogen and oxygen atoms in total. The van der Waals surface area contributed by atoms with E-state index in [1.165, 1.54) is 13.2 Å². The number of nitrogen functional groups attached to an aromatic ring is 1. The third kappa shape index (κ3) is 3.76. The molecule has 0 radical (unpaired) electrons. The largest absolute Gasteiger partial charge is 0.465 e. The molecule has 0 saturated carbocycles. The third-order valence-electron chi connectivity index (χ3n) is 2.34. The van der Waals surface area contributed by atoms with Crippen molar-refractivity contribution < 1.29 is 14.3 Å². The Morgan fingerprint density at radius 1 is 1.39 bits per heavy atom. The van der Waals surface area contributed by atoms with Crippen LogP contribution in [0.5, 0.6) is 0 Å². The standard InChI is InChI=1S/C13H18N2O3/c1-8(2)6-12(16)15-11-7-9(13(17)18-3)4-5-10(11)14/h4-5,7-8H,6,14H2,1-3H3,(H,15,16). The predicted octanol–water partition coefficient (Wildman–Crippen LogP) is 2.04. The first-order valence-electron chi connectivity index (χ1n) is 5.71. The van der Waals surface area contributed by atoms with Crippen molar-refractivity contribution in [1.82, 2.24) is 0 Å². The van der Waals surface area contributed by atoms with Gasteiger partial charge in [0, 0.05) is 6.42 Å². The Hall–Kier alpha value is -2.04. The summed E-state index contributed by atoms with van der Waals surface area (Å²) in [4.78, 5) is 23.0. The monoisotopic (exact) mass is 250 g/mol. The molecule has 0 fully saturated rings. The topological polar surface area (TPSA) is 81.4 Å². The van der Waals surface area contributed by atoms with Crippen LogP contribution in [0.4, 0.5) is 11.4 Å². The molecule has 18 heavy (non-hydrogen) atoms. The van der Waals surface area contributed by atoms with E-state index in [9.17, 15) is 9.59 Å². The van der Waals surface area contributed by atoms with Crippen molar-refractivity contribution >= 4 is 23.3 Å². The zero-order valence-electron chi connectivity index (χ0n) is 10.8. The lowest BCUT2D eigenvalue weighted by Crippen LogP contribution is -2.15. The molecular weight excluding hydrogens is 232 g/mol. The molecule has 0 aromatic heterocycles. The molecule has 0 aliphatic rings. The van der Waals surface area contributed by atoms with Crippen LogP contribution in [0.3, 0.4) is 0 Å². The van der Waals surface area contributed by atoms with Gasteiger partial charge in [-0.3, -0.25) is 4.79 Å². The van der Waals surface area contributed by atoms with Crippen LogP contribution in [0.15, 0.2) is 18.2 Å². The summed E-state index contributed by atoms with van der Waals surface area (Å²) in [5.74, 6) is -0.330. The fourth-order valence-electron chi connectivity index (χ4n) is 1.48.